The molecule has 0 rings (SSSR count). The lowest BCUT2D eigenvalue weighted by Gasteiger charge is -2.40. The van der Waals surface area contributed by atoms with Crippen LogP contribution in [-0.4, -0.2) is 164 Å². The zero-order valence-electron chi connectivity index (χ0n) is 36.5. The lowest BCUT2D eigenvalue weighted by molar-refractivity contribution is -0.450. The summed E-state index contributed by atoms with van der Waals surface area (Å²) >= 11 is 0. The Morgan fingerprint density at radius 2 is 0.275 bits per heavy atom. The standard InChI is InChI=1S/3C9H3F15O2.C2H6/c3*1-26-2(25)3(10,11)4(12,13)5(14,15)6(16,17)7(18,19)8(20,21)9(22,23)24;1-2/h3*1H3;1-2H3. The lowest BCUT2D eigenvalue weighted by Crippen LogP contribution is -2.73. The Balaban J connectivity index is -0.000000533. The number of hydrogen-bond donors (Lipinski definition) is 0. The third-order valence-corrected chi connectivity index (χ3v) is 8.31. The van der Waals surface area contributed by atoms with Crippen molar-refractivity contribution in [2.24, 2.45) is 0 Å². The Bertz CT molecular complexity index is 1870. The molecule has 0 aliphatic heterocycles. The van der Waals surface area contributed by atoms with Crippen LogP contribution >= 0.6 is 0 Å². The Labute approximate surface area is 405 Å². The second-order valence-corrected chi connectivity index (χ2v) is 13.3. The van der Waals surface area contributed by atoms with E-state index in [1.807, 2.05) is 13.8 Å². The Morgan fingerprint density at radius 3 is 0.362 bits per heavy atom. The van der Waals surface area contributed by atoms with E-state index in [9.17, 15) is 212 Å². The topological polar surface area (TPSA) is 78.9 Å². The summed E-state index contributed by atoms with van der Waals surface area (Å²) in [6.07, 6.45) is -23.0. The molecule has 0 spiro atoms. The van der Waals surface area contributed by atoms with E-state index in [-0.39, 0.29) is 21.3 Å². The summed E-state index contributed by atoms with van der Waals surface area (Å²) in [5.74, 6) is -155. The van der Waals surface area contributed by atoms with E-state index in [1.165, 1.54) is 0 Å². The number of carbonyl (C=O) groups excluding carboxylic acids is 3. The molecule has 51 heteroatoms. The molecule has 0 saturated carbocycles. The molecule has 482 valence electrons. The fourth-order valence-corrected chi connectivity index (χ4v) is 3.67. The maximum atomic E-state index is 13.0. The molecule has 0 aliphatic rings. The first-order valence-corrected chi connectivity index (χ1v) is 17.2. The first kappa shape index (κ1) is 81.7. The Hall–Kier alpha value is -4.74. The summed E-state index contributed by atoms with van der Waals surface area (Å²) in [6, 6.07) is 0. The van der Waals surface area contributed by atoms with Crippen LogP contribution in [0.1, 0.15) is 13.8 Å². The molecule has 6 nitrogen and oxygen atoms in total. The number of methoxy groups -OCH3 is 3. The monoisotopic (exact) mass is 1310 g/mol. The maximum absolute atomic E-state index is 13.0. The van der Waals surface area contributed by atoms with Crippen molar-refractivity contribution in [1.29, 1.82) is 0 Å². The smallest absolute Gasteiger partial charge is 0.460 e. The summed E-state index contributed by atoms with van der Waals surface area (Å²) in [5, 5.41) is 0. The molecule has 0 amide bonds. The van der Waals surface area contributed by atoms with Crippen molar-refractivity contribution < 1.29 is 226 Å². The highest BCUT2D eigenvalue weighted by Crippen LogP contribution is 2.66. The van der Waals surface area contributed by atoms with Crippen LogP contribution in [-0.2, 0) is 28.6 Å². The van der Waals surface area contributed by atoms with Gasteiger partial charge in [-0.15, -0.1) is 0 Å². The van der Waals surface area contributed by atoms with Crippen LogP contribution in [0.15, 0.2) is 0 Å². The van der Waals surface area contributed by atoms with Gasteiger partial charge >= 0.3 is 143 Å². The number of halogens is 45. The molecule has 0 atom stereocenters. The second-order valence-electron chi connectivity index (χ2n) is 13.3. The van der Waals surface area contributed by atoms with Crippen molar-refractivity contribution in [2.45, 2.75) is 139 Å². The molecule has 0 aromatic heterocycles. The average Bonchev–Trinajstić information content (AvgIpc) is 3.26. The number of hydrogen-bond acceptors (Lipinski definition) is 6. The molecule has 0 aromatic carbocycles. The highest BCUT2D eigenvalue weighted by molar-refractivity contribution is 5.80. The molecule has 0 bridgehead atoms. The van der Waals surface area contributed by atoms with Gasteiger partial charge in [0.15, 0.2) is 0 Å². The molecule has 0 saturated heterocycles. The van der Waals surface area contributed by atoms with E-state index in [0.29, 0.717) is 0 Å². The summed E-state index contributed by atoms with van der Waals surface area (Å²) in [5.41, 5.74) is 0. The van der Waals surface area contributed by atoms with Crippen LogP contribution < -0.4 is 0 Å². The molecule has 80 heavy (non-hydrogen) atoms. The highest BCUT2D eigenvalue weighted by Gasteiger charge is 2.97. The summed E-state index contributed by atoms with van der Waals surface area (Å²) < 4.78 is 576. The Kier molecular flexibility index (Phi) is 22.9. The molecule has 0 aliphatic carbocycles. The fourth-order valence-electron chi connectivity index (χ4n) is 3.67. The van der Waals surface area contributed by atoms with Gasteiger partial charge in [0.25, 0.3) is 0 Å². The summed E-state index contributed by atoms with van der Waals surface area (Å²) in [4.78, 5) is 30.9. The normalized spacial score (nSPS) is 15.5. The first-order valence-electron chi connectivity index (χ1n) is 17.2. The van der Waals surface area contributed by atoms with Gasteiger partial charge in [-0.2, -0.15) is 198 Å². The van der Waals surface area contributed by atoms with Crippen LogP contribution in [0.5, 0.6) is 0 Å². The van der Waals surface area contributed by atoms with Crippen LogP contribution in [0.4, 0.5) is 198 Å². The van der Waals surface area contributed by atoms with E-state index < -0.39 is 143 Å². The summed E-state index contributed by atoms with van der Waals surface area (Å²) in [6.45, 7) is 4.00. The Morgan fingerprint density at radius 1 is 0.188 bits per heavy atom. The molecule has 0 N–H and O–H groups in total. The minimum Gasteiger partial charge on any atom is -0.464 e. The van der Waals surface area contributed by atoms with Gasteiger partial charge < -0.3 is 14.2 Å². The summed E-state index contributed by atoms with van der Waals surface area (Å²) in [7, 11) is -0.515. The molecule has 0 aromatic rings. The van der Waals surface area contributed by atoms with E-state index in [1.54, 1.807) is 0 Å². The number of ether oxygens (including phenoxy) is 3. The van der Waals surface area contributed by atoms with Crippen LogP contribution in [0.3, 0.4) is 0 Å². The van der Waals surface area contributed by atoms with E-state index >= 15 is 0 Å². The van der Waals surface area contributed by atoms with Gasteiger partial charge in [0.1, 0.15) is 0 Å². The van der Waals surface area contributed by atoms with Crippen molar-refractivity contribution in [3.63, 3.8) is 0 Å². The van der Waals surface area contributed by atoms with E-state index in [4.69, 9.17) is 0 Å². The van der Waals surface area contributed by atoms with Crippen LogP contribution in [0, 0.1) is 0 Å². The van der Waals surface area contributed by atoms with Gasteiger partial charge in [-0.3, -0.25) is 0 Å². The van der Waals surface area contributed by atoms with Gasteiger partial charge in [-0.25, -0.2) is 14.4 Å². The number of alkyl halides is 45. The minimum atomic E-state index is -8.42. The lowest BCUT2D eigenvalue weighted by atomic mass is 9.91. The third-order valence-electron chi connectivity index (χ3n) is 8.31. The van der Waals surface area contributed by atoms with Crippen molar-refractivity contribution in [3.05, 3.63) is 0 Å². The van der Waals surface area contributed by atoms with Crippen LogP contribution in [0.2, 0.25) is 0 Å². The van der Waals surface area contributed by atoms with Gasteiger partial charge in [-0.1, -0.05) is 13.8 Å². The molecule has 0 fully saturated rings. The van der Waals surface area contributed by atoms with Crippen molar-refractivity contribution in [2.75, 3.05) is 21.3 Å². The SMILES string of the molecule is CC.COC(=O)C(F)(F)C(F)(F)C(F)(F)C(F)(F)C(F)(F)C(F)(F)C(F)(F)F.COC(=O)C(F)(F)C(F)(F)C(F)(F)C(F)(F)C(F)(F)C(F)(F)C(F)(F)F.COC(=O)C(F)(F)C(F)(F)C(F)(F)C(F)(F)C(F)(F)C(F)(F)C(F)(F)F. The third kappa shape index (κ3) is 11.6. The van der Waals surface area contributed by atoms with Gasteiger partial charge in [0, 0.05) is 0 Å². The van der Waals surface area contributed by atoms with Gasteiger partial charge in [0.2, 0.25) is 0 Å². The predicted molar refractivity (Wildman–Crippen MR) is 155 cm³/mol. The largest absolute Gasteiger partial charge is 0.464 e. The maximum Gasteiger partial charge on any atom is 0.460 e. The highest BCUT2D eigenvalue weighted by atomic mass is 19.5. The van der Waals surface area contributed by atoms with Crippen molar-refractivity contribution >= 4 is 17.9 Å². The van der Waals surface area contributed by atoms with Crippen molar-refractivity contribution in [1.82, 2.24) is 0 Å². The van der Waals surface area contributed by atoms with E-state index in [0.717, 1.165) is 0 Å². The van der Waals surface area contributed by atoms with Crippen LogP contribution in [0.25, 0.3) is 0 Å². The first-order chi connectivity index (χ1) is 33.9. The zero-order valence-corrected chi connectivity index (χ0v) is 36.5. The van der Waals surface area contributed by atoms with Gasteiger partial charge in [-0.05, 0) is 0 Å². The molecular formula is C29H15F45O6. The molecule has 0 radical (unpaired) electrons. The quantitative estimate of drug-likeness (QED) is 0.0773. The minimum absolute atomic E-state index is 0.172. The average molecular weight is 1310 g/mol. The predicted octanol–water partition coefficient (Wildman–Crippen LogP) is 14.6. The molecular weight excluding hydrogens is 1300 g/mol. The zero-order chi connectivity index (χ0) is 67.4. The number of esters is 3. The van der Waals surface area contributed by atoms with E-state index in [2.05, 4.69) is 14.2 Å². The number of rotatable bonds is 18. The fraction of sp³-hybridized carbons (Fsp3) is 0.897. The second kappa shape index (κ2) is 22.4. The molecule has 0 unspecified atom stereocenters. The van der Waals surface area contributed by atoms with Gasteiger partial charge in [0.05, 0.1) is 21.3 Å². The molecule has 0 heterocycles. The van der Waals surface area contributed by atoms with Crippen molar-refractivity contribution in [3.8, 4) is 0 Å². The number of carbonyl (C=O) groups is 3.